The molecule has 0 aliphatic rings. The minimum absolute atomic E-state index is 0.0238. The van der Waals surface area contributed by atoms with Crippen LogP contribution in [0.15, 0.2) is 59.0 Å². The summed E-state index contributed by atoms with van der Waals surface area (Å²) in [4.78, 5) is 12.1. The number of furan rings is 1. The van der Waals surface area contributed by atoms with Crippen LogP contribution in [0.4, 0.5) is 0 Å². The Balaban J connectivity index is 1.84. The summed E-state index contributed by atoms with van der Waals surface area (Å²) in [6.07, 6.45) is 0.260. The summed E-state index contributed by atoms with van der Waals surface area (Å²) >= 11 is 5.80. The summed E-state index contributed by atoms with van der Waals surface area (Å²) in [5, 5.41) is 1.64. The maximum Gasteiger partial charge on any atom is 0.170 e. The SMILES string of the molecule is O=C(Cc1cc2ccccc2o1)c1ccc(Cl)cc1. The fourth-order valence-corrected chi connectivity index (χ4v) is 2.15. The minimum Gasteiger partial charge on any atom is -0.461 e. The van der Waals surface area contributed by atoms with Crippen molar-refractivity contribution in [3.05, 3.63) is 70.9 Å². The third kappa shape index (κ3) is 2.54. The van der Waals surface area contributed by atoms with Gasteiger partial charge in [0.05, 0.1) is 6.42 Å². The van der Waals surface area contributed by atoms with Crippen LogP contribution in [0, 0.1) is 0 Å². The predicted molar refractivity (Wildman–Crippen MR) is 75.7 cm³/mol. The highest BCUT2D eigenvalue weighted by atomic mass is 35.5. The first-order valence-electron chi connectivity index (χ1n) is 5.98. The summed E-state index contributed by atoms with van der Waals surface area (Å²) in [5.41, 5.74) is 1.45. The first kappa shape index (κ1) is 12.0. The monoisotopic (exact) mass is 270 g/mol. The molecule has 0 amide bonds. The van der Waals surface area contributed by atoms with Gasteiger partial charge in [0, 0.05) is 16.0 Å². The first-order valence-corrected chi connectivity index (χ1v) is 6.36. The molecule has 0 radical (unpaired) electrons. The van der Waals surface area contributed by atoms with Crippen LogP contribution in [0.5, 0.6) is 0 Å². The zero-order valence-corrected chi connectivity index (χ0v) is 10.9. The van der Waals surface area contributed by atoms with Gasteiger partial charge in [-0.2, -0.15) is 0 Å². The Morgan fingerprint density at radius 2 is 1.79 bits per heavy atom. The van der Waals surface area contributed by atoms with Gasteiger partial charge in [-0.05, 0) is 36.4 Å². The molecule has 19 heavy (non-hydrogen) atoms. The summed E-state index contributed by atoms with van der Waals surface area (Å²) in [6.45, 7) is 0. The molecule has 0 N–H and O–H groups in total. The van der Waals surface area contributed by atoms with Crippen molar-refractivity contribution in [2.75, 3.05) is 0 Å². The molecule has 1 aromatic heterocycles. The summed E-state index contributed by atoms with van der Waals surface area (Å²) < 4.78 is 5.64. The molecule has 0 unspecified atom stereocenters. The van der Waals surface area contributed by atoms with Crippen LogP contribution in [-0.4, -0.2) is 5.78 Å². The Bertz CT molecular complexity index is 693. The van der Waals surface area contributed by atoms with E-state index in [2.05, 4.69) is 0 Å². The van der Waals surface area contributed by atoms with E-state index >= 15 is 0 Å². The minimum atomic E-state index is 0.0238. The molecule has 0 aliphatic carbocycles. The zero-order valence-electron chi connectivity index (χ0n) is 10.1. The molecule has 0 spiro atoms. The summed E-state index contributed by atoms with van der Waals surface area (Å²) in [5.74, 6) is 0.705. The number of benzene rings is 2. The molecule has 0 aliphatic heterocycles. The average molecular weight is 271 g/mol. The number of halogens is 1. The van der Waals surface area contributed by atoms with Gasteiger partial charge in [0.25, 0.3) is 0 Å². The fourth-order valence-electron chi connectivity index (χ4n) is 2.02. The van der Waals surface area contributed by atoms with Gasteiger partial charge in [-0.3, -0.25) is 4.79 Å². The highest BCUT2D eigenvalue weighted by Crippen LogP contribution is 2.20. The third-order valence-corrected chi connectivity index (χ3v) is 3.23. The number of Topliss-reactive ketones (excluding diaryl/α,β-unsaturated/α-hetero) is 1. The van der Waals surface area contributed by atoms with Crippen LogP contribution in [0.1, 0.15) is 16.1 Å². The van der Waals surface area contributed by atoms with Gasteiger partial charge >= 0.3 is 0 Å². The van der Waals surface area contributed by atoms with Crippen molar-refractivity contribution in [2.45, 2.75) is 6.42 Å². The van der Waals surface area contributed by atoms with Crippen molar-refractivity contribution in [1.29, 1.82) is 0 Å². The summed E-state index contributed by atoms with van der Waals surface area (Å²) in [6, 6.07) is 16.5. The predicted octanol–water partition coefficient (Wildman–Crippen LogP) is 4.51. The van der Waals surface area contributed by atoms with Crippen LogP contribution in [0.2, 0.25) is 5.02 Å². The van der Waals surface area contributed by atoms with Gasteiger partial charge in [0.15, 0.2) is 5.78 Å². The third-order valence-electron chi connectivity index (χ3n) is 2.98. The van der Waals surface area contributed by atoms with E-state index in [1.807, 2.05) is 30.3 Å². The second-order valence-electron chi connectivity index (χ2n) is 4.36. The largest absolute Gasteiger partial charge is 0.461 e. The molecule has 0 saturated carbocycles. The number of ketones is 1. The Kier molecular flexibility index (Phi) is 3.10. The molecule has 3 heteroatoms. The fraction of sp³-hybridized carbons (Fsp3) is 0.0625. The molecule has 0 saturated heterocycles. The molecular weight excluding hydrogens is 260 g/mol. The summed E-state index contributed by atoms with van der Waals surface area (Å²) in [7, 11) is 0. The average Bonchev–Trinajstić information content (AvgIpc) is 2.81. The number of fused-ring (bicyclic) bond motifs is 1. The van der Waals surface area contributed by atoms with Crippen LogP contribution >= 0.6 is 11.6 Å². The molecule has 1 heterocycles. The van der Waals surface area contributed by atoms with Gasteiger partial charge in [0.1, 0.15) is 11.3 Å². The van der Waals surface area contributed by atoms with E-state index in [1.165, 1.54) is 0 Å². The lowest BCUT2D eigenvalue weighted by atomic mass is 10.1. The maximum absolute atomic E-state index is 12.1. The van der Waals surface area contributed by atoms with Crippen molar-refractivity contribution in [3.63, 3.8) is 0 Å². The maximum atomic E-state index is 12.1. The van der Waals surface area contributed by atoms with Crippen LogP contribution in [0.3, 0.4) is 0 Å². The number of carbonyl (C=O) groups excluding carboxylic acids is 1. The molecule has 94 valence electrons. The molecule has 3 aromatic rings. The lowest BCUT2D eigenvalue weighted by Crippen LogP contribution is -2.02. The van der Waals surface area contributed by atoms with Gasteiger partial charge in [-0.1, -0.05) is 29.8 Å². The normalized spacial score (nSPS) is 10.8. The van der Waals surface area contributed by atoms with Gasteiger partial charge in [-0.15, -0.1) is 0 Å². The zero-order chi connectivity index (χ0) is 13.2. The number of rotatable bonds is 3. The van der Waals surface area contributed by atoms with Crippen molar-refractivity contribution < 1.29 is 9.21 Å². The van der Waals surface area contributed by atoms with Crippen molar-refractivity contribution >= 4 is 28.4 Å². The first-order chi connectivity index (χ1) is 9.22. The quantitative estimate of drug-likeness (QED) is 0.656. The van der Waals surface area contributed by atoms with Crippen molar-refractivity contribution in [2.24, 2.45) is 0 Å². The Morgan fingerprint density at radius 3 is 2.53 bits per heavy atom. The van der Waals surface area contributed by atoms with E-state index in [9.17, 15) is 4.79 Å². The number of hydrogen-bond acceptors (Lipinski definition) is 2. The highest BCUT2D eigenvalue weighted by Gasteiger charge is 2.10. The van der Waals surface area contributed by atoms with Gasteiger partial charge in [-0.25, -0.2) is 0 Å². The molecule has 0 fully saturated rings. The van der Waals surface area contributed by atoms with Crippen LogP contribution in [0.25, 0.3) is 11.0 Å². The second kappa shape index (κ2) is 4.90. The molecule has 0 bridgehead atoms. The molecule has 0 atom stereocenters. The van der Waals surface area contributed by atoms with E-state index in [-0.39, 0.29) is 12.2 Å². The van der Waals surface area contributed by atoms with Crippen LogP contribution < -0.4 is 0 Å². The van der Waals surface area contributed by atoms with Crippen molar-refractivity contribution in [3.8, 4) is 0 Å². The molecule has 2 nitrogen and oxygen atoms in total. The smallest absolute Gasteiger partial charge is 0.170 e. The molecule has 3 rings (SSSR count). The van der Waals surface area contributed by atoms with E-state index in [4.69, 9.17) is 16.0 Å². The van der Waals surface area contributed by atoms with E-state index < -0.39 is 0 Å². The van der Waals surface area contributed by atoms with Crippen molar-refractivity contribution in [1.82, 2.24) is 0 Å². The van der Waals surface area contributed by atoms with E-state index in [0.717, 1.165) is 11.0 Å². The number of carbonyl (C=O) groups is 1. The number of para-hydroxylation sites is 1. The Hall–Kier alpha value is -2.06. The topological polar surface area (TPSA) is 30.2 Å². The Morgan fingerprint density at radius 1 is 1.05 bits per heavy atom. The lowest BCUT2D eigenvalue weighted by molar-refractivity contribution is 0.0987. The standard InChI is InChI=1S/C16H11ClO2/c17-13-7-5-11(6-8-13)15(18)10-14-9-12-3-1-2-4-16(12)19-14/h1-9H,10H2. The molecule has 2 aromatic carbocycles. The van der Waals surface area contributed by atoms with Gasteiger partial charge < -0.3 is 4.42 Å². The highest BCUT2D eigenvalue weighted by molar-refractivity contribution is 6.30. The van der Waals surface area contributed by atoms with E-state index in [0.29, 0.717) is 16.3 Å². The van der Waals surface area contributed by atoms with Crippen LogP contribution in [-0.2, 0) is 6.42 Å². The van der Waals surface area contributed by atoms with E-state index in [1.54, 1.807) is 24.3 Å². The Labute approximate surface area is 115 Å². The lowest BCUT2D eigenvalue weighted by Gasteiger charge is -1.98. The molecular formula is C16H11ClO2. The second-order valence-corrected chi connectivity index (χ2v) is 4.79. The number of hydrogen-bond donors (Lipinski definition) is 0. The van der Waals surface area contributed by atoms with Gasteiger partial charge in [0.2, 0.25) is 0 Å².